The Kier molecular flexibility index (Phi) is 10.9. The Morgan fingerprint density at radius 1 is 0.569 bits per heavy atom. The van der Waals surface area contributed by atoms with Gasteiger partial charge in [-0.05, 0) is 72.8 Å². The van der Waals surface area contributed by atoms with Crippen LogP contribution in [0.25, 0.3) is 33.2 Å². The van der Waals surface area contributed by atoms with Crippen molar-refractivity contribution in [3.05, 3.63) is 151 Å². The van der Waals surface area contributed by atoms with Crippen LogP contribution in [0.1, 0.15) is 20.7 Å². The summed E-state index contributed by atoms with van der Waals surface area (Å²) in [5, 5.41) is 2.17. The monoisotopic (exact) mass is 811 g/mol. The number of hydrogen-bond donors (Lipinski definition) is 1. The third-order valence-corrected chi connectivity index (χ3v) is 9.96. The lowest BCUT2D eigenvalue weighted by atomic mass is 10.2. The SMILES string of the molecule is CCl.Nc1ncnc2c1C(=O)N(c1ccc3c(ccn3-c3ccccc3)c1)CCO2.O=C1c2c(Cl)ncnc2OCCN1c1ccc2c(ccn2-c2ccccc2)c1. The molecule has 0 saturated carbocycles. The van der Waals surface area contributed by atoms with Gasteiger partial charge in [-0.1, -0.05) is 48.0 Å². The molecule has 2 N–H and O–H groups in total. The standard InChI is InChI=1S/C21H15ClN4O2.C21H17N5O2.CH3Cl/c2*22-19-18-20(24-13-23-19)28-11-10-26(21(18)27)16-6-7-17-14(12-16)8-9-25(17)15-4-2-1-3-5-15;1-2/h1-9,12-13H,10-11H2;1-9,12-13H,10-11H2,(H2,22,23,24);1H3. The number of rotatable bonds is 4. The summed E-state index contributed by atoms with van der Waals surface area (Å²) >= 11 is 10.8. The molecule has 0 bridgehead atoms. The van der Waals surface area contributed by atoms with Crippen LogP contribution in [-0.2, 0) is 0 Å². The maximum absolute atomic E-state index is 13.1. The minimum absolute atomic E-state index is 0.0956. The van der Waals surface area contributed by atoms with Crippen LogP contribution in [0.2, 0.25) is 5.15 Å². The summed E-state index contributed by atoms with van der Waals surface area (Å²) in [7, 11) is 0. The maximum Gasteiger partial charge on any atom is 0.267 e. The van der Waals surface area contributed by atoms with Crippen LogP contribution in [0.3, 0.4) is 0 Å². The quantitative estimate of drug-likeness (QED) is 0.138. The van der Waals surface area contributed by atoms with Crippen LogP contribution in [0.4, 0.5) is 17.2 Å². The number of ether oxygens (including phenoxy) is 2. The first kappa shape index (κ1) is 37.9. The average Bonchev–Trinajstić information content (AvgIpc) is 3.79. The number of fused-ring (bicyclic) bond motifs is 4. The molecule has 2 aliphatic rings. The molecule has 6 heterocycles. The van der Waals surface area contributed by atoms with Gasteiger partial charge in [0.2, 0.25) is 11.8 Å². The molecule has 15 heteroatoms. The minimum atomic E-state index is -0.264. The largest absolute Gasteiger partial charge is 0.475 e. The van der Waals surface area contributed by atoms with Crippen molar-refractivity contribution in [2.75, 3.05) is 48.2 Å². The van der Waals surface area contributed by atoms with Crippen LogP contribution >= 0.6 is 23.2 Å². The van der Waals surface area contributed by atoms with E-state index in [1.807, 2.05) is 97.3 Å². The number of benzene rings is 4. The predicted octanol–water partition coefficient (Wildman–Crippen LogP) is 8.01. The lowest BCUT2D eigenvalue weighted by molar-refractivity contribution is 0.0982. The molecule has 0 atom stereocenters. The van der Waals surface area contributed by atoms with Crippen molar-refractivity contribution >= 4 is 74.0 Å². The number of nitrogen functional groups attached to an aromatic ring is 1. The van der Waals surface area contributed by atoms with Gasteiger partial charge in [-0.15, -0.1) is 11.6 Å². The molecule has 58 heavy (non-hydrogen) atoms. The van der Waals surface area contributed by atoms with Crippen molar-refractivity contribution < 1.29 is 19.1 Å². The van der Waals surface area contributed by atoms with Gasteiger partial charge in [-0.25, -0.2) is 19.9 Å². The Morgan fingerprint density at radius 3 is 1.55 bits per heavy atom. The topological polar surface area (TPSA) is 147 Å². The molecule has 13 nitrogen and oxygen atoms in total. The first-order chi connectivity index (χ1) is 28.4. The number of anilines is 3. The lowest BCUT2D eigenvalue weighted by Crippen LogP contribution is -2.32. The van der Waals surface area contributed by atoms with Crippen LogP contribution in [0.5, 0.6) is 11.8 Å². The number of amides is 2. The number of alkyl halides is 1. The zero-order valence-electron chi connectivity index (χ0n) is 31.1. The number of halogens is 2. The fourth-order valence-electron chi connectivity index (χ4n) is 6.99. The summed E-state index contributed by atoms with van der Waals surface area (Å²) in [5.41, 5.74) is 12.2. The summed E-state index contributed by atoms with van der Waals surface area (Å²) in [6.45, 7) is 1.46. The van der Waals surface area contributed by atoms with Gasteiger partial charge in [-0.3, -0.25) is 9.59 Å². The molecule has 0 radical (unpaired) electrons. The van der Waals surface area contributed by atoms with Gasteiger partial charge in [0.25, 0.3) is 11.8 Å². The normalized spacial score (nSPS) is 13.5. The highest BCUT2D eigenvalue weighted by molar-refractivity contribution is 6.33. The Labute approximate surface area is 342 Å². The van der Waals surface area contributed by atoms with E-state index in [1.165, 1.54) is 19.0 Å². The maximum atomic E-state index is 13.1. The number of hydrogen-bond acceptors (Lipinski definition) is 9. The van der Waals surface area contributed by atoms with E-state index in [-0.39, 0.29) is 45.7 Å². The zero-order valence-corrected chi connectivity index (χ0v) is 32.6. The highest BCUT2D eigenvalue weighted by atomic mass is 35.5. The Hall–Kier alpha value is -6.96. The summed E-state index contributed by atoms with van der Waals surface area (Å²) in [6.07, 6.45) is 8.12. The van der Waals surface area contributed by atoms with Gasteiger partial charge < -0.3 is 34.1 Å². The van der Waals surface area contributed by atoms with E-state index in [1.54, 1.807) is 9.80 Å². The second-order valence-corrected chi connectivity index (χ2v) is 13.3. The predicted molar refractivity (Wildman–Crippen MR) is 226 cm³/mol. The van der Waals surface area contributed by atoms with Crippen molar-refractivity contribution in [1.82, 2.24) is 29.1 Å². The second-order valence-electron chi connectivity index (χ2n) is 12.9. The molecule has 0 spiro atoms. The van der Waals surface area contributed by atoms with E-state index in [2.05, 4.69) is 64.9 Å². The van der Waals surface area contributed by atoms with Crippen molar-refractivity contribution in [3.63, 3.8) is 0 Å². The van der Waals surface area contributed by atoms with Gasteiger partial charge >= 0.3 is 0 Å². The highest BCUT2D eigenvalue weighted by Crippen LogP contribution is 2.33. The molecule has 8 aromatic rings. The Morgan fingerprint density at radius 2 is 1.03 bits per heavy atom. The van der Waals surface area contributed by atoms with Crippen LogP contribution in [-0.4, -0.2) is 73.6 Å². The second kappa shape index (κ2) is 16.6. The third-order valence-electron chi connectivity index (χ3n) is 9.67. The number of aromatic nitrogens is 6. The molecule has 4 aromatic heterocycles. The summed E-state index contributed by atoms with van der Waals surface area (Å²) in [6, 6.07) is 36.2. The number of para-hydroxylation sites is 2. The fraction of sp³-hybridized carbons (Fsp3) is 0.116. The molecule has 0 fully saturated rings. The first-order valence-corrected chi connectivity index (χ1v) is 19.3. The van der Waals surface area contributed by atoms with E-state index < -0.39 is 0 Å². The summed E-state index contributed by atoms with van der Waals surface area (Å²) in [4.78, 5) is 45.4. The zero-order chi connectivity index (χ0) is 40.2. The number of nitrogens with zero attached hydrogens (tertiary/aromatic N) is 8. The van der Waals surface area contributed by atoms with Crippen LogP contribution in [0.15, 0.2) is 134 Å². The van der Waals surface area contributed by atoms with Crippen LogP contribution < -0.4 is 25.0 Å². The van der Waals surface area contributed by atoms with Crippen molar-refractivity contribution in [2.45, 2.75) is 0 Å². The molecule has 4 aromatic carbocycles. The Bertz CT molecular complexity index is 2570. The van der Waals surface area contributed by atoms with Crippen molar-refractivity contribution in [2.24, 2.45) is 0 Å². The van der Waals surface area contributed by atoms with Crippen molar-refractivity contribution in [3.8, 4) is 23.1 Å². The van der Waals surface area contributed by atoms with Gasteiger partial charge in [0.15, 0.2) is 0 Å². The molecule has 0 aliphatic carbocycles. The molecule has 290 valence electrons. The number of carbonyl (C=O) groups excluding carboxylic acids is 2. The van der Waals surface area contributed by atoms with E-state index in [0.29, 0.717) is 26.3 Å². The lowest BCUT2D eigenvalue weighted by Gasteiger charge is -2.20. The molecule has 10 rings (SSSR count). The summed E-state index contributed by atoms with van der Waals surface area (Å²) in [5.74, 6) is 0.0608. The minimum Gasteiger partial charge on any atom is -0.475 e. The third kappa shape index (κ3) is 7.24. The average molecular weight is 813 g/mol. The highest BCUT2D eigenvalue weighted by Gasteiger charge is 2.30. The van der Waals surface area contributed by atoms with Gasteiger partial charge in [0.05, 0.1) is 24.1 Å². The Balaban J connectivity index is 0.000000155. The van der Waals surface area contributed by atoms with Gasteiger partial charge in [0.1, 0.15) is 48.0 Å². The smallest absolute Gasteiger partial charge is 0.267 e. The van der Waals surface area contributed by atoms with Crippen LogP contribution in [0, 0.1) is 0 Å². The van der Waals surface area contributed by atoms with E-state index in [0.717, 1.165) is 44.6 Å². The first-order valence-electron chi connectivity index (χ1n) is 18.2. The van der Waals surface area contributed by atoms with Gasteiger partial charge in [0, 0.05) is 52.3 Å². The van der Waals surface area contributed by atoms with Crippen molar-refractivity contribution in [1.29, 1.82) is 0 Å². The van der Waals surface area contributed by atoms with E-state index >= 15 is 0 Å². The fourth-order valence-corrected chi connectivity index (χ4v) is 7.19. The number of nitrogens with two attached hydrogens (primary N) is 1. The van der Waals surface area contributed by atoms with E-state index in [9.17, 15) is 9.59 Å². The molecule has 2 aliphatic heterocycles. The molecule has 0 saturated heterocycles. The molecular formula is C43H35Cl2N9O4. The van der Waals surface area contributed by atoms with Gasteiger partial charge in [-0.2, -0.15) is 0 Å². The summed E-state index contributed by atoms with van der Waals surface area (Å²) < 4.78 is 15.4. The molecule has 0 unspecified atom stereocenters. The van der Waals surface area contributed by atoms with E-state index in [4.69, 9.17) is 26.8 Å². The molecule has 2 amide bonds. The molecular weight excluding hydrogens is 777 g/mol. The number of carbonyl (C=O) groups is 2.